The van der Waals surface area contributed by atoms with Gasteiger partial charge in [-0.15, -0.1) is 0 Å². The molecule has 3 aromatic rings. The van der Waals surface area contributed by atoms with Crippen LogP contribution in [0.3, 0.4) is 0 Å². The van der Waals surface area contributed by atoms with E-state index in [1.54, 1.807) is 33.4 Å². The van der Waals surface area contributed by atoms with E-state index in [-0.39, 0.29) is 23.6 Å². The van der Waals surface area contributed by atoms with Crippen LogP contribution < -0.4 is 11.4 Å². The molecule has 2 heterocycles. The zero-order chi connectivity index (χ0) is 24.4. The van der Waals surface area contributed by atoms with E-state index in [1.807, 2.05) is 43.1 Å². The molecule has 1 aliphatic carbocycles. The van der Waals surface area contributed by atoms with E-state index < -0.39 is 6.23 Å². The summed E-state index contributed by atoms with van der Waals surface area (Å²) in [5, 5.41) is 11.1. The Morgan fingerprint density at radius 1 is 1.18 bits per heavy atom. The first-order valence-electron chi connectivity index (χ1n) is 11.5. The number of nitrogens with zero attached hydrogens (tertiary/aromatic N) is 6. The molecule has 0 radical (unpaired) electrons. The summed E-state index contributed by atoms with van der Waals surface area (Å²) >= 11 is 6.05. The lowest BCUT2D eigenvalue weighted by Crippen LogP contribution is -2.42. The van der Waals surface area contributed by atoms with E-state index in [2.05, 4.69) is 9.97 Å². The third kappa shape index (κ3) is 4.88. The van der Waals surface area contributed by atoms with Crippen molar-refractivity contribution < 1.29 is 5.11 Å². The Hall–Kier alpha value is -2.72. The van der Waals surface area contributed by atoms with Gasteiger partial charge in [-0.05, 0) is 77.2 Å². The highest BCUT2D eigenvalue weighted by Crippen LogP contribution is 2.33. The predicted octanol–water partition coefficient (Wildman–Crippen LogP) is 2.67. The van der Waals surface area contributed by atoms with E-state index in [4.69, 9.17) is 17.3 Å². The van der Waals surface area contributed by atoms with E-state index >= 15 is 0 Å². The number of nitrogen functional groups attached to an aromatic ring is 1. The predicted molar refractivity (Wildman–Crippen MR) is 135 cm³/mol. The Morgan fingerprint density at radius 3 is 2.50 bits per heavy atom. The first-order valence-corrected chi connectivity index (χ1v) is 11.9. The van der Waals surface area contributed by atoms with Crippen molar-refractivity contribution in [2.75, 3.05) is 33.4 Å². The molecule has 1 fully saturated rings. The molecule has 1 saturated carbocycles. The number of aromatic nitrogens is 4. The summed E-state index contributed by atoms with van der Waals surface area (Å²) in [4.78, 5) is 26.2. The molecule has 1 unspecified atom stereocenters. The van der Waals surface area contributed by atoms with Gasteiger partial charge in [0.2, 0.25) is 0 Å². The van der Waals surface area contributed by atoms with Crippen LogP contribution in [0.15, 0.2) is 47.5 Å². The number of hydrogen-bond donors (Lipinski definition) is 2. The second kappa shape index (κ2) is 10.3. The number of fused-ring (bicyclic) bond motifs is 1. The van der Waals surface area contributed by atoms with Crippen molar-refractivity contribution in [2.24, 2.45) is 0 Å². The molecule has 0 bridgehead atoms. The minimum atomic E-state index is -0.636. The SMILES string of the molecule is CN(C)C/C=C/C(O)N(C)C1CCC(n2c(=O)n(-c3ccc(Cl)cc3)c3c(N)ncnc32)CC1. The molecule has 0 spiro atoms. The van der Waals surface area contributed by atoms with Gasteiger partial charge in [0.05, 0.1) is 5.69 Å². The van der Waals surface area contributed by atoms with Crippen LogP contribution in [0, 0.1) is 0 Å². The molecule has 10 heteroatoms. The van der Waals surface area contributed by atoms with Crippen molar-refractivity contribution in [2.45, 2.75) is 44.0 Å². The Morgan fingerprint density at radius 2 is 1.85 bits per heavy atom. The van der Waals surface area contributed by atoms with Crippen molar-refractivity contribution >= 4 is 28.6 Å². The highest BCUT2D eigenvalue weighted by molar-refractivity contribution is 6.30. The van der Waals surface area contributed by atoms with Crippen molar-refractivity contribution in [3.8, 4) is 5.69 Å². The lowest BCUT2D eigenvalue weighted by Gasteiger charge is -2.36. The van der Waals surface area contributed by atoms with E-state index in [9.17, 15) is 9.90 Å². The van der Waals surface area contributed by atoms with Crippen LogP contribution in [0.25, 0.3) is 16.9 Å². The fourth-order valence-electron chi connectivity index (χ4n) is 4.70. The molecule has 0 saturated heterocycles. The van der Waals surface area contributed by atoms with Gasteiger partial charge in [-0.3, -0.25) is 14.0 Å². The average Bonchev–Trinajstić information content (AvgIpc) is 3.12. The van der Waals surface area contributed by atoms with Crippen molar-refractivity contribution in [3.05, 3.63) is 58.3 Å². The van der Waals surface area contributed by atoms with Gasteiger partial charge in [0.25, 0.3) is 0 Å². The smallest absolute Gasteiger partial charge is 0.335 e. The molecular formula is C24H32ClN7O2. The molecule has 4 rings (SSSR count). The molecule has 1 atom stereocenters. The standard InChI is InChI=1S/C24H32ClN7O2/c1-29(2)14-4-5-20(33)30(3)17-10-12-19(13-11-17)32-23-21(22(26)27-15-28-23)31(24(32)34)18-8-6-16(25)7-9-18/h4-9,15,17,19-20,33H,10-14H2,1-3H3,(H2,26,27,28)/b5-4+. The van der Waals surface area contributed by atoms with Gasteiger partial charge in [-0.25, -0.2) is 14.8 Å². The fraction of sp³-hybridized carbons (Fsp3) is 0.458. The topological polar surface area (TPSA) is 105 Å². The second-order valence-corrected chi connectivity index (χ2v) is 9.56. The minimum Gasteiger partial charge on any atom is -0.382 e. The van der Waals surface area contributed by atoms with Crippen LogP contribution in [0.1, 0.15) is 31.7 Å². The maximum absolute atomic E-state index is 13.6. The summed E-state index contributed by atoms with van der Waals surface area (Å²) < 4.78 is 3.32. The number of likely N-dealkylation sites (N-methyl/N-ethyl adjacent to an activating group) is 2. The molecule has 1 aromatic carbocycles. The number of hydrogen-bond acceptors (Lipinski definition) is 7. The monoisotopic (exact) mass is 485 g/mol. The summed E-state index contributed by atoms with van der Waals surface area (Å²) in [6.07, 6.45) is 7.89. The lowest BCUT2D eigenvalue weighted by atomic mass is 9.90. The van der Waals surface area contributed by atoms with Gasteiger partial charge in [0.15, 0.2) is 11.5 Å². The molecular weight excluding hydrogens is 454 g/mol. The Kier molecular flexibility index (Phi) is 7.37. The van der Waals surface area contributed by atoms with Crippen LogP contribution in [0.4, 0.5) is 5.82 Å². The van der Waals surface area contributed by atoms with Crippen molar-refractivity contribution in [1.82, 2.24) is 28.9 Å². The van der Waals surface area contributed by atoms with Crippen molar-refractivity contribution in [1.29, 1.82) is 0 Å². The van der Waals surface area contributed by atoms with Crippen LogP contribution in [0.2, 0.25) is 5.02 Å². The Balaban J connectivity index is 1.58. The van der Waals surface area contributed by atoms with Crippen LogP contribution >= 0.6 is 11.6 Å². The number of anilines is 1. The fourth-order valence-corrected chi connectivity index (χ4v) is 4.82. The maximum Gasteiger partial charge on any atom is 0.335 e. The molecule has 9 nitrogen and oxygen atoms in total. The molecule has 182 valence electrons. The summed E-state index contributed by atoms with van der Waals surface area (Å²) in [5.74, 6) is 0.261. The average molecular weight is 486 g/mol. The van der Waals surface area contributed by atoms with Crippen LogP contribution in [0.5, 0.6) is 0 Å². The third-order valence-corrected chi connectivity index (χ3v) is 6.82. The van der Waals surface area contributed by atoms with Gasteiger partial charge >= 0.3 is 5.69 Å². The first kappa shape index (κ1) is 24.4. The number of halogens is 1. The summed E-state index contributed by atoms with van der Waals surface area (Å²) in [6.45, 7) is 0.781. The number of aliphatic hydroxyl groups is 1. The molecule has 0 aliphatic heterocycles. The molecule has 34 heavy (non-hydrogen) atoms. The Labute approximate surface area is 204 Å². The van der Waals surface area contributed by atoms with E-state index in [1.165, 1.54) is 6.33 Å². The highest BCUT2D eigenvalue weighted by Gasteiger charge is 2.30. The van der Waals surface area contributed by atoms with Crippen LogP contribution in [-0.2, 0) is 0 Å². The van der Waals surface area contributed by atoms with E-state index in [0.29, 0.717) is 21.9 Å². The minimum absolute atomic E-state index is 0.0103. The highest BCUT2D eigenvalue weighted by atomic mass is 35.5. The van der Waals surface area contributed by atoms with Gasteiger partial charge in [0, 0.05) is 23.7 Å². The largest absolute Gasteiger partial charge is 0.382 e. The van der Waals surface area contributed by atoms with Gasteiger partial charge in [-0.2, -0.15) is 0 Å². The second-order valence-electron chi connectivity index (χ2n) is 9.13. The summed E-state index contributed by atoms with van der Waals surface area (Å²) in [5.41, 5.74) is 7.72. The van der Waals surface area contributed by atoms with Gasteiger partial charge < -0.3 is 15.7 Å². The van der Waals surface area contributed by atoms with Gasteiger partial charge in [-0.1, -0.05) is 17.7 Å². The lowest BCUT2D eigenvalue weighted by molar-refractivity contribution is 0.0138. The number of rotatable bonds is 7. The molecule has 3 N–H and O–H groups in total. The number of imidazole rings is 1. The summed E-state index contributed by atoms with van der Waals surface area (Å²) in [7, 11) is 5.93. The zero-order valence-electron chi connectivity index (χ0n) is 19.8. The van der Waals surface area contributed by atoms with Gasteiger partial charge in [0.1, 0.15) is 18.1 Å². The first-order chi connectivity index (χ1) is 16.3. The molecule has 2 aromatic heterocycles. The quantitative estimate of drug-likeness (QED) is 0.391. The van der Waals surface area contributed by atoms with Crippen molar-refractivity contribution in [3.63, 3.8) is 0 Å². The molecule has 1 aliphatic rings. The number of benzene rings is 1. The van der Waals surface area contributed by atoms with Crippen LogP contribution in [-0.4, -0.2) is 74.0 Å². The summed E-state index contributed by atoms with van der Waals surface area (Å²) in [6, 6.07) is 7.28. The molecule has 0 amide bonds. The number of nitrogens with two attached hydrogens (primary N) is 1. The maximum atomic E-state index is 13.6. The third-order valence-electron chi connectivity index (χ3n) is 6.57. The zero-order valence-corrected chi connectivity index (χ0v) is 20.6. The Bertz CT molecular complexity index is 1210. The number of aliphatic hydroxyl groups excluding tert-OH is 1. The van der Waals surface area contributed by atoms with E-state index in [0.717, 1.165) is 32.2 Å². The normalized spacial score (nSPS) is 20.1.